The van der Waals surface area contributed by atoms with E-state index in [0.717, 1.165) is 23.5 Å². The molecule has 2 heterocycles. The highest BCUT2D eigenvalue weighted by atomic mass is 16.5. The molecule has 0 spiro atoms. The third-order valence-electron chi connectivity index (χ3n) is 4.71. The zero-order valence-corrected chi connectivity index (χ0v) is 12.8. The monoisotopic (exact) mass is 274 g/mol. The minimum atomic E-state index is 0.214. The van der Waals surface area contributed by atoms with E-state index in [0.29, 0.717) is 6.04 Å². The summed E-state index contributed by atoms with van der Waals surface area (Å²) in [5, 5.41) is 3.72. The first kappa shape index (κ1) is 13.7. The molecule has 2 bridgehead atoms. The number of nitrogens with one attached hydrogen (secondary N) is 1. The van der Waals surface area contributed by atoms with Crippen LogP contribution in [0.2, 0.25) is 0 Å². The molecule has 3 rings (SSSR count). The molecule has 0 aliphatic carbocycles. The molecule has 2 fully saturated rings. The van der Waals surface area contributed by atoms with Crippen LogP contribution in [0.3, 0.4) is 0 Å². The lowest BCUT2D eigenvalue weighted by molar-refractivity contribution is 0.168. The van der Waals surface area contributed by atoms with Crippen molar-refractivity contribution in [2.75, 3.05) is 12.4 Å². The number of para-hydroxylation sites is 2. The standard InChI is InChI=1S/C17H26N2O/c1-12(2)20-17-7-5-4-6-16(17)18-13-10-14-8-9-15(11-13)19(14)3/h4-7,12-15,18H,8-11H2,1-3H3. The average Bonchev–Trinajstić information content (AvgIpc) is 2.63. The van der Waals surface area contributed by atoms with Crippen molar-refractivity contribution in [3.05, 3.63) is 24.3 Å². The first-order valence-electron chi connectivity index (χ1n) is 7.87. The van der Waals surface area contributed by atoms with Gasteiger partial charge in [-0.05, 0) is 58.7 Å². The van der Waals surface area contributed by atoms with Gasteiger partial charge in [-0.25, -0.2) is 0 Å². The van der Waals surface area contributed by atoms with Crippen LogP contribution in [-0.4, -0.2) is 36.2 Å². The van der Waals surface area contributed by atoms with E-state index in [4.69, 9.17) is 4.74 Å². The maximum absolute atomic E-state index is 5.90. The molecule has 1 aromatic carbocycles. The van der Waals surface area contributed by atoms with Gasteiger partial charge < -0.3 is 15.0 Å². The summed E-state index contributed by atoms with van der Waals surface area (Å²) >= 11 is 0. The Morgan fingerprint density at radius 3 is 2.45 bits per heavy atom. The number of ether oxygens (including phenoxy) is 1. The first-order chi connectivity index (χ1) is 9.63. The molecule has 2 atom stereocenters. The van der Waals surface area contributed by atoms with E-state index in [1.54, 1.807) is 0 Å². The molecular formula is C17H26N2O. The van der Waals surface area contributed by atoms with Gasteiger partial charge in [0.05, 0.1) is 11.8 Å². The highest BCUT2D eigenvalue weighted by Crippen LogP contribution is 2.36. The van der Waals surface area contributed by atoms with Crippen molar-refractivity contribution < 1.29 is 4.74 Å². The zero-order valence-electron chi connectivity index (χ0n) is 12.8. The summed E-state index contributed by atoms with van der Waals surface area (Å²) in [5.74, 6) is 0.980. The Balaban J connectivity index is 1.69. The van der Waals surface area contributed by atoms with Gasteiger partial charge >= 0.3 is 0 Å². The molecule has 0 amide bonds. The van der Waals surface area contributed by atoms with E-state index in [9.17, 15) is 0 Å². The molecule has 3 nitrogen and oxygen atoms in total. The van der Waals surface area contributed by atoms with Gasteiger partial charge in [-0.2, -0.15) is 0 Å². The van der Waals surface area contributed by atoms with E-state index in [-0.39, 0.29) is 6.10 Å². The summed E-state index contributed by atoms with van der Waals surface area (Å²) in [6.07, 6.45) is 5.45. The van der Waals surface area contributed by atoms with Crippen molar-refractivity contribution in [2.45, 2.75) is 63.8 Å². The molecule has 3 heteroatoms. The second kappa shape index (κ2) is 5.65. The Hall–Kier alpha value is -1.22. The summed E-state index contributed by atoms with van der Waals surface area (Å²) < 4.78 is 5.90. The minimum absolute atomic E-state index is 0.214. The third-order valence-corrected chi connectivity index (χ3v) is 4.71. The van der Waals surface area contributed by atoms with Crippen molar-refractivity contribution in [3.8, 4) is 5.75 Å². The van der Waals surface area contributed by atoms with Crippen molar-refractivity contribution in [3.63, 3.8) is 0 Å². The van der Waals surface area contributed by atoms with Crippen LogP contribution in [0.15, 0.2) is 24.3 Å². The van der Waals surface area contributed by atoms with E-state index in [2.05, 4.69) is 49.3 Å². The molecule has 0 aromatic heterocycles. The number of piperidine rings is 1. The molecule has 0 saturated carbocycles. The maximum atomic E-state index is 5.90. The average molecular weight is 274 g/mol. The Bertz CT molecular complexity index is 446. The first-order valence-corrected chi connectivity index (χ1v) is 7.87. The van der Waals surface area contributed by atoms with E-state index >= 15 is 0 Å². The summed E-state index contributed by atoms with van der Waals surface area (Å²) in [5.41, 5.74) is 1.15. The van der Waals surface area contributed by atoms with Crippen LogP contribution in [-0.2, 0) is 0 Å². The molecule has 0 radical (unpaired) electrons. The topological polar surface area (TPSA) is 24.5 Å². The lowest BCUT2D eigenvalue weighted by Crippen LogP contribution is -2.44. The predicted octanol–water partition coefficient (Wildman–Crippen LogP) is 3.51. The summed E-state index contributed by atoms with van der Waals surface area (Å²) in [7, 11) is 2.29. The summed E-state index contributed by atoms with van der Waals surface area (Å²) in [4.78, 5) is 2.58. The van der Waals surface area contributed by atoms with Gasteiger partial charge in [0.2, 0.25) is 0 Å². The Morgan fingerprint density at radius 2 is 1.80 bits per heavy atom. The fraction of sp³-hybridized carbons (Fsp3) is 0.647. The van der Waals surface area contributed by atoms with Crippen LogP contribution >= 0.6 is 0 Å². The van der Waals surface area contributed by atoms with Gasteiger partial charge in [-0.1, -0.05) is 12.1 Å². The van der Waals surface area contributed by atoms with Crippen LogP contribution in [0.25, 0.3) is 0 Å². The smallest absolute Gasteiger partial charge is 0.142 e. The minimum Gasteiger partial charge on any atom is -0.489 e. The quantitative estimate of drug-likeness (QED) is 0.909. The molecule has 20 heavy (non-hydrogen) atoms. The molecular weight excluding hydrogens is 248 g/mol. The Kier molecular flexibility index (Phi) is 3.88. The lowest BCUT2D eigenvalue weighted by Gasteiger charge is -2.37. The highest BCUT2D eigenvalue weighted by Gasteiger charge is 2.38. The van der Waals surface area contributed by atoms with E-state index < -0.39 is 0 Å². The van der Waals surface area contributed by atoms with Gasteiger partial charge in [0, 0.05) is 18.1 Å². The fourth-order valence-electron chi connectivity index (χ4n) is 3.69. The predicted molar refractivity (Wildman–Crippen MR) is 83.4 cm³/mol. The maximum Gasteiger partial charge on any atom is 0.142 e. The normalized spacial score (nSPS) is 29.7. The van der Waals surface area contributed by atoms with Gasteiger partial charge in [-0.3, -0.25) is 0 Å². The molecule has 2 aliphatic rings. The van der Waals surface area contributed by atoms with E-state index in [1.165, 1.54) is 25.7 Å². The SMILES string of the molecule is CC(C)Oc1ccccc1NC1CC2CCC(C1)N2C. The van der Waals surface area contributed by atoms with Gasteiger partial charge in [0.25, 0.3) is 0 Å². The molecule has 110 valence electrons. The van der Waals surface area contributed by atoms with Crippen molar-refractivity contribution in [1.29, 1.82) is 0 Å². The lowest BCUT2D eigenvalue weighted by atomic mass is 9.97. The molecule has 1 N–H and O–H groups in total. The van der Waals surface area contributed by atoms with E-state index in [1.807, 2.05) is 6.07 Å². The van der Waals surface area contributed by atoms with Crippen LogP contribution in [0.5, 0.6) is 5.75 Å². The zero-order chi connectivity index (χ0) is 14.1. The Morgan fingerprint density at radius 1 is 1.15 bits per heavy atom. The number of hydrogen-bond acceptors (Lipinski definition) is 3. The number of benzene rings is 1. The van der Waals surface area contributed by atoms with Crippen LogP contribution in [0.1, 0.15) is 39.5 Å². The molecule has 2 saturated heterocycles. The number of rotatable bonds is 4. The highest BCUT2D eigenvalue weighted by molar-refractivity contribution is 5.57. The van der Waals surface area contributed by atoms with Gasteiger partial charge in [0.1, 0.15) is 5.75 Å². The van der Waals surface area contributed by atoms with Gasteiger partial charge in [-0.15, -0.1) is 0 Å². The summed E-state index contributed by atoms with van der Waals surface area (Å²) in [6, 6.07) is 10.4. The second-order valence-corrected chi connectivity index (χ2v) is 6.53. The second-order valence-electron chi connectivity index (χ2n) is 6.53. The van der Waals surface area contributed by atoms with Gasteiger partial charge in [0.15, 0.2) is 0 Å². The molecule has 2 aliphatic heterocycles. The van der Waals surface area contributed by atoms with Crippen molar-refractivity contribution in [1.82, 2.24) is 4.90 Å². The summed E-state index contributed by atoms with van der Waals surface area (Å²) in [6.45, 7) is 4.15. The largest absolute Gasteiger partial charge is 0.489 e. The number of nitrogens with zero attached hydrogens (tertiary/aromatic N) is 1. The Labute approximate surface area is 122 Å². The van der Waals surface area contributed by atoms with Crippen LogP contribution in [0.4, 0.5) is 5.69 Å². The molecule has 1 aromatic rings. The fourth-order valence-corrected chi connectivity index (χ4v) is 3.69. The van der Waals surface area contributed by atoms with Crippen LogP contribution < -0.4 is 10.1 Å². The van der Waals surface area contributed by atoms with Crippen molar-refractivity contribution >= 4 is 5.69 Å². The number of fused-ring (bicyclic) bond motifs is 2. The third kappa shape index (κ3) is 2.78. The van der Waals surface area contributed by atoms with Crippen LogP contribution in [0, 0.1) is 0 Å². The van der Waals surface area contributed by atoms with Crippen molar-refractivity contribution in [2.24, 2.45) is 0 Å². The molecule has 2 unspecified atom stereocenters. The number of anilines is 1. The number of hydrogen-bond donors (Lipinski definition) is 1.